The lowest BCUT2D eigenvalue weighted by Gasteiger charge is -2.44. The molecule has 1 saturated heterocycles. The van der Waals surface area contributed by atoms with Gasteiger partial charge in [0.05, 0.1) is 5.69 Å². The van der Waals surface area contributed by atoms with E-state index in [1.54, 1.807) is 6.20 Å². The molecule has 6 heteroatoms. The molecular formula is C16H21BrN2O3. The third-order valence-electron chi connectivity index (χ3n) is 5.12. The van der Waals surface area contributed by atoms with Gasteiger partial charge in [-0.05, 0) is 72.1 Å². The Morgan fingerprint density at radius 3 is 2.64 bits per heavy atom. The smallest absolute Gasteiger partial charge is 0.329 e. The molecule has 1 spiro atoms. The van der Waals surface area contributed by atoms with Crippen molar-refractivity contribution >= 4 is 21.9 Å². The predicted molar refractivity (Wildman–Crippen MR) is 85.6 cm³/mol. The second kappa shape index (κ2) is 6.26. The lowest BCUT2D eigenvalue weighted by Crippen LogP contribution is -2.41. The van der Waals surface area contributed by atoms with Crippen LogP contribution in [0, 0.1) is 5.41 Å². The molecule has 1 aliphatic heterocycles. The molecule has 2 fully saturated rings. The van der Waals surface area contributed by atoms with Crippen LogP contribution < -0.4 is 5.32 Å². The quantitative estimate of drug-likeness (QED) is 0.854. The first-order valence-electron chi connectivity index (χ1n) is 7.72. The minimum Gasteiger partial charge on any atom is -0.480 e. The predicted octanol–water partition coefficient (Wildman–Crippen LogP) is 2.69. The number of aliphatic carboxylic acids is 1. The van der Waals surface area contributed by atoms with Gasteiger partial charge >= 0.3 is 5.97 Å². The zero-order chi connectivity index (χ0) is 15.6. The summed E-state index contributed by atoms with van der Waals surface area (Å²) in [6.45, 7) is 1.87. The standard InChI is InChI=1S/C16H21BrN2O3/c17-12-1-2-13(19-9-12)16(22-10-14(20)21)5-3-15(4-6-16)7-8-18-11-15/h1-2,9,18H,3-8,10-11H2,(H,20,21). The fourth-order valence-electron chi connectivity index (χ4n) is 3.73. The lowest BCUT2D eigenvalue weighted by molar-refractivity contribution is -0.156. The first-order valence-corrected chi connectivity index (χ1v) is 8.52. The van der Waals surface area contributed by atoms with Gasteiger partial charge in [0.25, 0.3) is 0 Å². The van der Waals surface area contributed by atoms with Crippen LogP contribution >= 0.6 is 15.9 Å². The van der Waals surface area contributed by atoms with Crippen LogP contribution in [0.3, 0.4) is 0 Å². The molecule has 1 saturated carbocycles. The van der Waals surface area contributed by atoms with Gasteiger partial charge < -0.3 is 15.2 Å². The van der Waals surface area contributed by atoms with Crippen LogP contribution in [0.2, 0.25) is 0 Å². The fourth-order valence-corrected chi connectivity index (χ4v) is 3.96. The molecule has 1 aromatic heterocycles. The van der Waals surface area contributed by atoms with Gasteiger partial charge in [-0.2, -0.15) is 0 Å². The second-order valence-corrected chi connectivity index (χ2v) is 7.38. The van der Waals surface area contributed by atoms with E-state index in [2.05, 4.69) is 26.2 Å². The highest BCUT2D eigenvalue weighted by molar-refractivity contribution is 9.10. The van der Waals surface area contributed by atoms with Crippen LogP contribution in [0.1, 0.15) is 37.8 Å². The fraction of sp³-hybridized carbons (Fsp3) is 0.625. The summed E-state index contributed by atoms with van der Waals surface area (Å²) in [5.74, 6) is -0.931. The highest BCUT2D eigenvalue weighted by Gasteiger charge is 2.46. The Morgan fingerprint density at radius 1 is 1.32 bits per heavy atom. The summed E-state index contributed by atoms with van der Waals surface area (Å²) in [5.41, 5.74) is 0.649. The maximum atomic E-state index is 11.0. The molecular weight excluding hydrogens is 348 g/mol. The van der Waals surface area contributed by atoms with E-state index in [9.17, 15) is 4.79 Å². The summed E-state index contributed by atoms with van der Waals surface area (Å²) in [5, 5.41) is 12.4. The van der Waals surface area contributed by atoms with E-state index in [1.807, 2.05) is 12.1 Å². The average Bonchev–Trinajstić information content (AvgIpc) is 2.97. The highest BCUT2D eigenvalue weighted by atomic mass is 79.9. The minimum atomic E-state index is -0.931. The summed E-state index contributed by atoms with van der Waals surface area (Å²) < 4.78 is 6.78. The molecule has 2 N–H and O–H groups in total. The molecule has 2 heterocycles. The summed E-state index contributed by atoms with van der Waals surface area (Å²) in [6, 6.07) is 3.88. The number of rotatable bonds is 4. The van der Waals surface area contributed by atoms with E-state index >= 15 is 0 Å². The van der Waals surface area contributed by atoms with Gasteiger partial charge in [-0.15, -0.1) is 0 Å². The van der Waals surface area contributed by atoms with Crippen LogP contribution in [-0.2, 0) is 15.1 Å². The zero-order valence-electron chi connectivity index (χ0n) is 12.5. The number of ether oxygens (including phenoxy) is 1. The number of pyridine rings is 1. The zero-order valence-corrected chi connectivity index (χ0v) is 14.1. The molecule has 0 radical (unpaired) electrons. The highest BCUT2D eigenvalue weighted by Crippen LogP contribution is 2.49. The molecule has 1 aliphatic carbocycles. The molecule has 0 amide bonds. The number of halogens is 1. The van der Waals surface area contributed by atoms with E-state index in [1.165, 1.54) is 6.42 Å². The number of aromatic nitrogens is 1. The monoisotopic (exact) mass is 368 g/mol. The van der Waals surface area contributed by atoms with Crippen LogP contribution in [0.5, 0.6) is 0 Å². The van der Waals surface area contributed by atoms with Crippen molar-refractivity contribution in [2.45, 2.75) is 37.7 Å². The average molecular weight is 369 g/mol. The van der Waals surface area contributed by atoms with Crippen LogP contribution in [0.15, 0.2) is 22.8 Å². The molecule has 1 aromatic rings. The van der Waals surface area contributed by atoms with E-state index in [0.29, 0.717) is 5.41 Å². The topological polar surface area (TPSA) is 71.5 Å². The SMILES string of the molecule is O=C(O)COC1(c2ccc(Br)cn2)CCC2(CCNC2)CC1. The Morgan fingerprint density at radius 2 is 2.09 bits per heavy atom. The molecule has 3 rings (SSSR count). The van der Waals surface area contributed by atoms with Crippen molar-refractivity contribution in [3.63, 3.8) is 0 Å². The molecule has 0 unspecified atom stereocenters. The van der Waals surface area contributed by atoms with Crippen molar-refractivity contribution in [2.24, 2.45) is 5.41 Å². The Bertz CT molecular complexity index is 531. The van der Waals surface area contributed by atoms with Crippen LogP contribution in [-0.4, -0.2) is 35.8 Å². The molecule has 0 bridgehead atoms. The number of nitrogens with one attached hydrogen (secondary N) is 1. The number of carboxylic acid groups (broad SMARTS) is 1. The number of hydrogen-bond donors (Lipinski definition) is 2. The number of nitrogens with zero attached hydrogens (tertiary/aromatic N) is 1. The molecule has 0 atom stereocenters. The molecule has 5 nitrogen and oxygen atoms in total. The van der Waals surface area contributed by atoms with Gasteiger partial charge in [0.15, 0.2) is 0 Å². The number of carbonyl (C=O) groups is 1. The Kier molecular flexibility index (Phi) is 4.52. The van der Waals surface area contributed by atoms with Crippen LogP contribution in [0.25, 0.3) is 0 Å². The molecule has 2 aliphatic rings. The van der Waals surface area contributed by atoms with Gasteiger partial charge in [-0.3, -0.25) is 4.98 Å². The third kappa shape index (κ3) is 3.19. The largest absolute Gasteiger partial charge is 0.480 e. The van der Waals surface area contributed by atoms with Crippen molar-refractivity contribution < 1.29 is 14.6 Å². The summed E-state index contributed by atoms with van der Waals surface area (Å²) in [4.78, 5) is 15.4. The van der Waals surface area contributed by atoms with Crippen molar-refractivity contribution in [1.82, 2.24) is 10.3 Å². The summed E-state index contributed by atoms with van der Waals surface area (Å²) in [6.07, 6.45) is 6.72. The Balaban J connectivity index is 1.81. The molecule has 120 valence electrons. The first kappa shape index (κ1) is 15.9. The number of hydrogen-bond acceptors (Lipinski definition) is 4. The third-order valence-corrected chi connectivity index (χ3v) is 5.59. The Hall–Kier alpha value is -0.980. The maximum absolute atomic E-state index is 11.0. The lowest BCUT2D eigenvalue weighted by atomic mass is 9.67. The number of carboxylic acids is 1. The van der Waals surface area contributed by atoms with E-state index in [0.717, 1.165) is 48.9 Å². The van der Waals surface area contributed by atoms with E-state index in [4.69, 9.17) is 9.84 Å². The van der Waals surface area contributed by atoms with Crippen molar-refractivity contribution in [3.05, 3.63) is 28.5 Å². The van der Waals surface area contributed by atoms with Gasteiger partial charge in [0.1, 0.15) is 12.2 Å². The van der Waals surface area contributed by atoms with E-state index < -0.39 is 11.6 Å². The van der Waals surface area contributed by atoms with Crippen LogP contribution in [0.4, 0.5) is 0 Å². The van der Waals surface area contributed by atoms with Crippen molar-refractivity contribution in [2.75, 3.05) is 19.7 Å². The van der Waals surface area contributed by atoms with Gasteiger partial charge in [0.2, 0.25) is 0 Å². The van der Waals surface area contributed by atoms with E-state index in [-0.39, 0.29) is 6.61 Å². The Labute approximate surface area is 138 Å². The van der Waals surface area contributed by atoms with Crippen molar-refractivity contribution in [3.8, 4) is 0 Å². The summed E-state index contributed by atoms with van der Waals surface area (Å²) >= 11 is 3.39. The van der Waals surface area contributed by atoms with Crippen molar-refractivity contribution in [1.29, 1.82) is 0 Å². The maximum Gasteiger partial charge on any atom is 0.329 e. The normalized spacial score (nSPS) is 31.5. The van der Waals surface area contributed by atoms with Gasteiger partial charge in [0, 0.05) is 17.2 Å². The van der Waals surface area contributed by atoms with Gasteiger partial charge in [-0.25, -0.2) is 4.79 Å². The second-order valence-electron chi connectivity index (χ2n) is 6.47. The first-order chi connectivity index (χ1) is 10.5. The summed E-state index contributed by atoms with van der Waals surface area (Å²) in [7, 11) is 0. The molecule has 22 heavy (non-hydrogen) atoms. The minimum absolute atomic E-state index is 0.275. The van der Waals surface area contributed by atoms with Gasteiger partial charge in [-0.1, -0.05) is 0 Å². The molecule has 0 aromatic carbocycles.